The maximum absolute atomic E-state index is 13.0. The molecule has 1 fully saturated rings. The van der Waals surface area contributed by atoms with Gasteiger partial charge in [-0.3, -0.25) is 4.90 Å². The highest BCUT2D eigenvalue weighted by molar-refractivity contribution is 7.89. The van der Waals surface area contributed by atoms with Crippen LogP contribution in [-0.2, 0) is 10.0 Å². The Bertz CT molecular complexity index is 989. The first-order valence-corrected chi connectivity index (χ1v) is 11.9. The van der Waals surface area contributed by atoms with Crippen molar-refractivity contribution in [2.45, 2.75) is 10.9 Å². The predicted molar refractivity (Wildman–Crippen MR) is 117 cm³/mol. The Morgan fingerprint density at radius 2 is 1.68 bits per heavy atom. The quantitative estimate of drug-likeness (QED) is 0.692. The fourth-order valence-corrected chi connectivity index (χ4v) is 4.93. The van der Waals surface area contributed by atoms with Crippen LogP contribution in [0, 0.1) is 0 Å². The highest BCUT2D eigenvalue weighted by Gasteiger charge is 2.27. The molecular weight excluding hydrogens is 418 g/mol. The molecule has 0 spiro atoms. The maximum Gasteiger partial charge on any atom is 0.240 e. The minimum atomic E-state index is -3.71. The number of methoxy groups -OCH3 is 1. The van der Waals surface area contributed by atoms with Gasteiger partial charge in [-0.1, -0.05) is 12.1 Å². The first-order valence-electron chi connectivity index (χ1n) is 10.4. The molecule has 0 aliphatic carbocycles. The average Bonchev–Trinajstić information content (AvgIpc) is 2.80. The van der Waals surface area contributed by atoms with Crippen LogP contribution in [0.15, 0.2) is 47.4 Å². The monoisotopic (exact) mass is 447 g/mol. The van der Waals surface area contributed by atoms with E-state index in [4.69, 9.17) is 14.2 Å². The second-order valence-electron chi connectivity index (χ2n) is 7.79. The molecule has 0 aromatic heterocycles. The molecule has 4 rings (SSSR count). The van der Waals surface area contributed by atoms with Crippen molar-refractivity contribution >= 4 is 10.0 Å². The lowest BCUT2D eigenvalue weighted by Crippen LogP contribution is -2.48. The summed E-state index contributed by atoms with van der Waals surface area (Å²) in [6.45, 7) is 4.78. The van der Waals surface area contributed by atoms with Crippen molar-refractivity contribution in [1.82, 2.24) is 14.5 Å². The molecule has 1 saturated heterocycles. The molecule has 2 aliphatic rings. The third-order valence-electron chi connectivity index (χ3n) is 5.77. The summed E-state index contributed by atoms with van der Waals surface area (Å²) >= 11 is 0. The Morgan fingerprint density at radius 3 is 2.35 bits per heavy atom. The predicted octanol–water partition coefficient (Wildman–Crippen LogP) is 1.73. The van der Waals surface area contributed by atoms with E-state index >= 15 is 0 Å². The number of hydrogen-bond donors (Lipinski definition) is 1. The number of piperazine rings is 1. The molecule has 2 heterocycles. The van der Waals surface area contributed by atoms with E-state index in [1.54, 1.807) is 19.2 Å². The number of ether oxygens (including phenoxy) is 3. The Kier molecular flexibility index (Phi) is 6.66. The lowest BCUT2D eigenvalue weighted by molar-refractivity contribution is 0.113. The van der Waals surface area contributed by atoms with Crippen molar-refractivity contribution in [3.63, 3.8) is 0 Å². The molecule has 8 nitrogen and oxygen atoms in total. The molecule has 1 atom stereocenters. The molecule has 0 radical (unpaired) electrons. The minimum Gasteiger partial charge on any atom is -0.497 e. The number of hydrogen-bond acceptors (Lipinski definition) is 7. The molecule has 2 aliphatic heterocycles. The molecule has 0 unspecified atom stereocenters. The van der Waals surface area contributed by atoms with Gasteiger partial charge in [0.05, 0.1) is 12.0 Å². The summed E-state index contributed by atoms with van der Waals surface area (Å²) in [4.78, 5) is 4.78. The average molecular weight is 448 g/mol. The van der Waals surface area contributed by atoms with E-state index in [0.29, 0.717) is 24.7 Å². The van der Waals surface area contributed by atoms with E-state index in [1.807, 2.05) is 24.3 Å². The number of nitrogens with one attached hydrogen (secondary N) is 1. The summed E-state index contributed by atoms with van der Waals surface area (Å²) in [5, 5.41) is 0. The van der Waals surface area contributed by atoms with E-state index in [9.17, 15) is 8.42 Å². The van der Waals surface area contributed by atoms with E-state index in [1.165, 1.54) is 6.07 Å². The van der Waals surface area contributed by atoms with Gasteiger partial charge in [0.25, 0.3) is 0 Å². The van der Waals surface area contributed by atoms with Gasteiger partial charge in [0.1, 0.15) is 19.0 Å². The van der Waals surface area contributed by atoms with Gasteiger partial charge < -0.3 is 19.1 Å². The van der Waals surface area contributed by atoms with E-state index in [0.717, 1.165) is 37.5 Å². The Balaban J connectivity index is 1.53. The summed E-state index contributed by atoms with van der Waals surface area (Å²) in [6, 6.07) is 12.5. The molecule has 31 heavy (non-hydrogen) atoms. The standard InChI is InChI=1S/C22H29N3O5S/c1-24-9-11-25(12-10-24)20(17-3-5-18(28-2)6-4-17)16-23-31(26,27)19-7-8-21-22(15-19)30-14-13-29-21/h3-8,15,20,23H,9-14,16H2,1-2H3/t20-/m1/s1. The van der Waals surface area contributed by atoms with E-state index < -0.39 is 10.0 Å². The number of fused-ring (bicyclic) bond motifs is 1. The van der Waals surface area contributed by atoms with Crippen LogP contribution in [0.25, 0.3) is 0 Å². The molecule has 1 N–H and O–H groups in total. The smallest absolute Gasteiger partial charge is 0.240 e. The van der Waals surface area contributed by atoms with Crippen LogP contribution < -0.4 is 18.9 Å². The highest BCUT2D eigenvalue weighted by Crippen LogP contribution is 2.32. The first kappa shape index (κ1) is 21.9. The van der Waals surface area contributed by atoms with Crippen molar-refractivity contribution in [2.24, 2.45) is 0 Å². The molecular formula is C22H29N3O5S. The zero-order valence-electron chi connectivity index (χ0n) is 17.9. The van der Waals surface area contributed by atoms with Gasteiger partial charge in [-0.25, -0.2) is 13.1 Å². The molecule has 0 saturated carbocycles. The molecule has 0 amide bonds. The fourth-order valence-electron chi connectivity index (χ4n) is 3.88. The summed E-state index contributed by atoms with van der Waals surface area (Å²) in [5.74, 6) is 1.80. The summed E-state index contributed by atoms with van der Waals surface area (Å²) < 4.78 is 45.2. The fraction of sp³-hybridized carbons (Fsp3) is 0.455. The van der Waals surface area contributed by atoms with Gasteiger partial charge in [-0.2, -0.15) is 0 Å². The van der Waals surface area contributed by atoms with Crippen LogP contribution in [0.5, 0.6) is 17.2 Å². The van der Waals surface area contributed by atoms with Gasteiger partial charge >= 0.3 is 0 Å². The van der Waals surface area contributed by atoms with Crippen LogP contribution in [-0.4, -0.2) is 78.3 Å². The second-order valence-corrected chi connectivity index (χ2v) is 9.55. The van der Waals surface area contributed by atoms with Gasteiger partial charge in [0.15, 0.2) is 11.5 Å². The molecule has 168 valence electrons. The number of benzene rings is 2. The lowest BCUT2D eigenvalue weighted by Gasteiger charge is -2.38. The molecule has 2 aromatic carbocycles. The van der Waals surface area contributed by atoms with Crippen LogP contribution in [0.4, 0.5) is 0 Å². The number of likely N-dealkylation sites (N-methyl/N-ethyl adjacent to an activating group) is 1. The van der Waals surface area contributed by atoms with Crippen molar-refractivity contribution < 1.29 is 22.6 Å². The lowest BCUT2D eigenvalue weighted by atomic mass is 10.0. The molecule has 2 aromatic rings. The summed E-state index contributed by atoms with van der Waals surface area (Å²) in [6.07, 6.45) is 0. The zero-order valence-corrected chi connectivity index (χ0v) is 18.7. The Labute approximate surface area is 183 Å². The third kappa shape index (κ3) is 5.12. The van der Waals surface area contributed by atoms with Crippen molar-refractivity contribution in [1.29, 1.82) is 0 Å². The number of nitrogens with zero attached hydrogens (tertiary/aromatic N) is 2. The van der Waals surface area contributed by atoms with Gasteiger partial charge in [0.2, 0.25) is 10.0 Å². The van der Waals surface area contributed by atoms with Crippen LogP contribution in [0.1, 0.15) is 11.6 Å². The Hall–Kier alpha value is -2.33. The summed E-state index contributed by atoms with van der Waals surface area (Å²) in [7, 11) is 0.0284. The highest BCUT2D eigenvalue weighted by atomic mass is 32.2. The van der Waals surface area contributed by atoms with Crippen molar-refractivity contribution in [3.8, 4) is 17.2 Å². The Morgan fingerprint density at radius 1 is 1.00 bits per heavy atom. The SMILES string of the molecule is COc1ccc([C@@H](CNS(=O)(=O)c2ccc3c(c2)OCCO3)N2CCN(C)CC2)cc1. The van der Waals surface area contributed by atoms with Crippen LogP contribution in [0.2, 0.25) is 0 Å². The number of sulfonamides is 1. The first-order chi connectivity index (χ1) is 15.0. The minimum absolute atomic E-state index is 0.0772. The van der Waals surface area contributed by atoms with Gasteiger partial charge in [0, 0.05) is 44.8 Å². The van der Waals surface area contributed by atoms with Crippen molar-refractivity contribution in [2.75, 3.05) is 60.1 Å². The van der Waals surface area contributed by atoms with Gasteiger partial charge in [-0.15, -0.1) is 0 Å². The van der Waals surface area contributed by atoms with E-state index in [2.05, 4.69) is 21.6 Å². The van der Waals surface area contributed by atoms with Crippen LogP contribution >= 0.6 is 0 Å². The van der Waals surface area contributed by atoms with Crippen LogP contribution in [0.3, 0.4) is 0 Å². The van der Waals surface area contributed by atoms with E-state index in [-0.39, 0.29) is 17.5 Å². The topological polar surface area (TPSA) is 80.3 Å². The maximum atomic E-state index is 13.0. The molecule has 0 bridgehead atoms. The zero-order chi connectivity index (χ0) is 21.8. The largest absolute Gasteiger partial charge is 0.497 e. The molecule has 9 heteroatoms. The van der Waals surface area contributed by atoms with Gasteiger partial charge in [-0.05, 0) is 36.9 Å². The van der Waals surface area contributed by atoms with Crippen molar-refractivity contribution in [3.05, 3.63) is 48.0 Å². The summed E-state index contributed by atoms with van der Waals surface area (Å²) in [5.41, 5.74) is 1.05. The number of rotatable bonds is 7. The normalized spacial score (nSPS) is 18.5. The third-order valence-corrected chi connectivity index (χ3v) is 7.19. The second kappa shape index (κ2) is 9.44.